The van der Waals surface area contributed by atoms with Gasteiger partial charge in [-0.2, -0.15) is 25.2 Å². The van der Waals surface area contributed by atoms with Crippen LogP contribution in [0.1, 0.15) is 75.5 Å². The number of benzene rings is 2. The second-order valence-electron chi connectivity index (χ2n) is 9.23. The van der Waals surface area contributed by atoms with Gasteiger partial charge in [-0.3, -0.25) is 4.79 Å². The van der Waals surface area contributed by atoms with Crippen LogP contribution in [-0.4, -0.2) is 39.8 Å². The molecule has 0 bridgehead atoms. The lowest BCUT2D eigenvalue weighted by Gasteiger charge is -2.37. The van der Waals surface area contributed by atoms with Crippen LogP contribution in [0, 0.1) is 22.7 Å². The molecule has 0 saturated heterocycles. The Morgan fingerprint density at radius 2 is 1.61 bits per heavy atom. The fourth-order valence-electron chi connectivity index (χ4n) is 3.99. The summed E-state index contributed by atoms with van der Waals surface area (Å²) in [5.74, 6) is -2.48. The number of hydrogen-bond acceptors (Lipinski definition) is 10. The Labute approximate surface area is 241 Å². The second kappa shape index (κ2) is 18.3. The summed E-state index contributed by atoms with van der Waals surface area (Å²) in [6.45, 7) is 1.74. The number of nitrogens with zero attached hydrogens (tertiary/aromatic N) is 2. The first kappa shape index (κ1) is 34.1. The minimum absolute atomic E-state index is 0.140. The Morgan fingerprint density at radius 1 is 0.951 bits per heavy atom. The molecule has 1 amide bonds. The van der Waals surface area contributed by atoms with Gasteiger partial charge in [0.25, 0.3) is 0 Å². The summed E-state index contributed by atoms with van der Waals surface area (Å²) in [6, 6.07) is 18.5. The van der Waals surface area contributed by atoms with Crippen molar-refractivity contribution in [3.05, 3.63) is 65.7 Å². The van der Waals surface area contributed by atoms with Crippen molar-refractivity contribution in [3.8, 4) is 17.9 Å². The van der Waals surface area contributed by atoms with Crippen LogP contribution in [0.4, 0.5) is 0 Å². The number of carbonyl (C=O) groups excluding carboxylic acids is 1. The molecule has 4 N–H and O–H groups in total. The minimum atomic E-state index is -5.05. The molecule has 0 aliphatic carbocycles. The summed E-state index contributed by atoms with van der Waals surface area (Å²) < 4.78 is 22.7. The monoisotopic (exact) mass is 588 g/mol. The zero-order chi connectivity index (χ0) is 30.0. The van der Waals surface area contributed by atoms with Crippen molar-refractivity contribution in [2.45, 2.75) is 76.9 Å². The van der Waals surface area contributed by atoms with Gasteiger partial charge in [0.1, 0.15) is 18.4 Å². The molecule has 0 heterocycles. The van der Waals surface area contributed by atoms with E-state index in [0.29, 0.717) is 17.7 Å². The maximum atomic E-state index is 13.1. The van der Waals surface area contributed by atoms with Crippen molar-refractivity contribution in [1.82, 2.24) is 5.32 Å². The van der Waals surface area contributed by atoms with Crippen molar-refractivity contribution in [2.75, 3.05) is 13.2 Å². The van der Waals surface area contributed by atoms with Crippen LogP contribution in [0.25, 0.3) is 0 Å². The largest absolute Gasteiger partial charge is 0.573 e. The molecule has 1 unspecified atom stereocenters. The van der Waals surface area contributed by atoms with Gasteiger partial charge in [-0.1, -0.05) is 79.6 Å². The Balaban J connectivity index is 2.46. The van der Waals surface area contributed by atoms with Gasteiger partial charge in [0.05, 0.1) is 38.2 Å². The number of carbonyl (C=O) groups is 1. The molecule has 0 aliphatic rings. The first-order valence-corrected chi connectivity index (χ1v) is 15.2. The summed E-state index contributed by atoms with van der Waals surface area (Å²) in [5, 5.41) is 20.9. The molecule has 0 fully saturated rings. The normalized spacial score (nSPS) is 12.2. The minimum Gasteiger partial charge on any atom is -0.489 e. The van der Waals surface area contributed by atoms with Crippen LogP contribution in [0.15, 0.2) is 54.6 Å². The third-order valence-corrected chi connectivity index (χ3v) is 6.39. The van der Waals surface area contributed by atoms with Crippen LogP contribution in [0.5, 0.6) is 5.75 Å². The van der Waals surface area contributed by atoms with E-state index in [0.717, 1.165) is 31.2 Å². The molecule has 0 radical (unpaired) electrons. The predicted molar refractivity (Wildman–Crippen MR) is 151 cm³/mol. The number of unbranched alkanes of at least 4 members (excludes halogenated alkanes) is 4. The molecule has 0 saturated carbocycles. The molecular weight excluding hydrogens is 549 g/mol. The van der Waals surface area contributed by atoms with E-state index in [2.05, 4.69) is 12.2 Å². The van der Waals surface area contributed by atoms with Crippen LogP contribution >= 0.6 is 8.17 Å². The molecule has 12 heteroatoms. The molecule has 222 valence electrons. The third-order valence-electron chi connectivity index (χ3n) is 5.89. The van der Waals surface area contributed by atoms with Gasteiger partial charge in [0.15, 0.2) is 0 Å². The lowest BCUT2D eigenvalue weighted by Crippen LogP contribution is -2.52. The average molecular weight is 589 g/mol. The highest BCUT2D eigenvalue weighted by molar-refractivity contribution is 7.53. The number of ether oxygens (including phenoxy) is 3. The van der Waals surface area contributed by atoms with E-state index < -0.39 is 26.1 Å². The van der Waals surface area contributed by atoms with Crippen molar-refractivity contribution in [2.24, 2.45) is 0 Å². The average Bonchev–Trinajstić information content (AvgIpc) is 2.95. The van der Waals surface area contributed by atoms with Crippen molar-refractivity contribution in [3.63, 3.8) is 0 Å². The van der Waals surface area contributed by atoms with E-state index >= 15 is 0 Å². The summed E-state index contributed by atoms with van der Waals surface area (Å²) in [6.07, 6.45) is 4.46. The highest BCUT2D eigenvalue weighted by Crippen LogP contribution is 2.53. The van der Waals surface area contributed by atoms with Gasteiger partial charge in [0.2, 0.25) is 5.91 Å². The standard InChI is InChI=1S/C29H38N3O8P/c1-2-3-4-5-9-17-27(33)32-28(25-15-10-16-26(22-25)37-23-24-13-7-6-8-14-24)29(38-20-11-18-30,39-21-12-19-31)40-41(34,35)36/h6-8,10,13-16,22,28,34-36H,2-5,9,11-12,17,20-21,23H2,1H3/p+1. The molecular formula is C29H39N3O8P+. The summed E-state index contributed by atoms with van der Waals surface area (Å²) in [5.41, 5.74) is 1.26. The van der Waals surface area contributed by atoms with Gasteiger partial charge >= 0.3 is 14.1 Å². The fraction of sp³-hybridized carbons (Fsp3) is 0.483. The van der Waals surface area contributed by atoms with Crippen molar-refractivity contribution >= 4 is 14.1 Å². The van der Waals surface area contributed by atoms with Gasteiger partial charge in [0, 0.05) is 6.42 Å². The van der Waals surface area contributed by atoms with Crippen LogP contribution in [0.3, 0.4) is 0 Å². The molecule has 2 rings (SSSR count). The second-order valence-corrected chi connectivity index (χ2v) is 10.4. The van der Waals surface area contributed by atoms with Crippen LogP contribution in [0.2, 0.25) is 0 Å². The first-order chi connectivity index (χ1) is 19.7. The Hall–Kier alpha value is -3.12. The number of hydrogen-bond donors (Lipinski definition) is 4. The Morgan fingerprint density at radius 3 is 2.22 bits per heavy atom. The van der Waals surface area contributed by atoms with Gasteiger partial charge < -0.3 is 19.5 Å². The van der Waals surface area contributed by atoms with E-state index in [1.54, 1.807) is 24.3 Å². The zero-order valence-corrected chi connectivity index (χ0v) is 24.2. The van der Waals surface area contributed by atoms with Gasteiger partial charge in [-0.15, -0.1) is 0 Å². The topological polar surface area (TPSA) is 174 Å². The molecule has 11 nitrogen and oxygen atoms in total. The number of rotatable bonds is 20. The maximum absolute atomic E-state index is 13.1. The highest BCUT2D eigenvalue weighted by atomic mass is 31.2. The van der Waals surface area contributed by atoms with Crippen molar-refractivity contribution < 1.29 is 38.2 Å². The summed E-state index contributed by atoms with van der Waals surface area (Å²) in [4.78, 5) is 43.0. The molecule has 0 aliphatic heterocycles. The fourth-order valence-corrected chi connectivity index (χ4v) is 4.54. The molecule has 41 heavy (non-hydrogen) atoms. The number of nitrogens with one attached hydrogen (secondary N) is 1. The Bertz CT molecular complexity index is 1110. The first-order valence-electron chi connectivity index (χ1n) is 13.6. The maximum Gasteiger partial charge on any atom is 0.573 e. The molecule has 0 aromatic heterocycles. The quantitative estimate of drug-likeness (QED) is 0.0939. The number of amides is 1. The van der Waals surface area contributed by atoms with E-state index in [1.807, 2.05) is 42.5 Å². The van der Waals surface area contributed by atoms with E-state index in [-0.39, 0.29) is 39.1 Å². The number of nitriles is 2. The molecule has 1 atom stereocenters. The SMILES string of the molecule is CCCCCCCC(=O)NC(c1cccc(OCc2ccccc2)c1)C(OCCC#N)(OCCC#N)O[P+](O)(O)O. The van der Waals surface area contributed by atoms with Gasteiger partial charge in [-0.05, 0) is 29.7 Å². The highest BCUT2D eigenvalue weighted by Gasteiger charge is 2.56. The molecule has 0 spiro atoms. The molecule has 2 aromatic carbocycles. The van der Waals surface area contributed by atoms with Crippen LogP contribution in [-0.2, 0) is 25.4 Å². The van der Waals surface area contributed by atoms with E-state index in [4.69, 9.17) is 29.3 Å². The van der Waals surface area contributed by atoms with Gasteiger partial charge in [-0.25, -0.2) is 0 Å². The summed E-state index contributed by atoms with van der Waals surface area (Å²) in [7, 11) is -5.05. The molecule has 2 aromatic rings. The van der Waals surface area contributed by atoms with E-state index in [1.165, 1.54) is 0 Å². The predicted octanol–water partition coefficient (Wildman–Crippen LogP) is 4.97. The lowest BCUT2D eigenvalue weighted by atomic mass is 10.0. The summed E-state index contributed by atoms with van der Waals surface area (Å²) >= 11 is 0. The van der Waals surface area contributed by atoms with Crippen molar-refractivity contribution in [1.29, 1.82) is 10.5 Å². The zero-order valence-electron chi connectivity index (χ0n) is 23.3. The van der Waals surface area contributed by atoms with Crippen LogP contribution < -0.4 is 10.1 Å². The third kappa shape index (κ3) is 12.9. The lowest BCUT2D eigenvalue weighted by molar-refractivity contribution is -0.365. The Kier molecular flexibility index (Phi) is 15.2. The van der Waals surface area contributed by atoms with E-state index in [9.17, 15) is 19.5 Å². The smallest absolute Gasteiger partial charge is 0.489 e.